The van der Waals surface area contributed by atoms with E-state index in [1.807, 2.05) is 37.4 Å². The van der Waals surface area contributed by atoms with Crippen LogP contribution < -0.4 is 5.32 Å². The summed E-state index contributed by atoms with van der Waals surface area (Å²) in [6.45, 7) is 1.98. The third-order valence-corrected chi connectivity index (χ3v) is 6.80. The van der Waals surface area contributed by atoms with Crippen LogP contribution in [0.3, 0.4) is 0 Å². The van der Waals surface area contributed by atoms with Gasteiger partial charge in [0.25, 0.3) is 0 Å². The van der Waals surface area contributed by atoms with Gasteiger partial charge in [0.2, 0.25) is 5.91 Å². The number of aromatic nitrogens is 4. The molecule has 0 atom stereocenters. The number of amides is 1. The normalized spacial score (nSPS) is 14.3. The van der Waals surface area contributed by atoms with E-state index in [-0.39, 0.29) is 5.91 Å². The van der Waals surface area contributed by atoms with Crippen molar-refractivity contribution >= 4 is 29.0 Å². The van der Waals surface area contributed by atoms with Gasteiger partial charge in [0, 0.05) is 24.0 Å². The van der Waals surface area contributed by atoms with Crippen molar-refractivity contribution in [2.45, 2.75) is 43.7 Å². The Morgan fingerprint density at radius 3 is 2.82 bits per heavy atom. The Kier molecular flexibility index (Phi) is 5.97. The zero-order valence-electron chi connectivity index (χ0n) is 15.6. The second-order valence-corrected chi connectivity index (χ2v) is 8.76. The van der Waals surface area contributed by atoms with Crippen molar-refractivity contribution in [3.8, 4) is 21.1 Å². The van der Waals surface area contributed by atoms with Crippen molar-refractivity contribution < 1.29 is 4.79 Å². The molecule has 3 aromatic rings. The molecular formula is C20H21N5OS2. The molecule has 6 nitrogen and oxygen atoms in total. The van der Waals surface area contributed by atoms with E-state index >= 15 is 0 Å². The van der Waals surface area contributed by atoms with E-state index in [1.54, 1.807) is 17.5 Å². The molecule has 1 fully saturated rings. The van der Waals surface area contributed by atoms with Crippen LogP contribution in [0.5, 0.6) is 0 Å². The number of thiazole rings is 1. The smallest absolute Gasteiger partial charge is 0.230 e. The van der Waals surface area contributed by atoms with Gasteiger partial charge in [0.1, 0.15) is 15.7 Å². The topological polar surface area (TPSA) is 80.7 Å². The van der Waals surface area contributed by atoms with Crippen LogP contribution in [0.1, 0.15) is 31.4 Å². The van der Waals surface area contributed by atoms with Gasteiger partial charge in [-0.1, -0.05) is 24.6 Å². The quantitative estimate of drug-likeness (QED) is 0.615. The molecule has 3 heterocycles. The van der Waals surface area contributed by atoms with Gasteiger partial charge in [-0.25, -0.2) is 4.98 Å². The summed E-state index contributed by atoms with van der Waals surface area (Å²) < 4.78 is 0. The van der Waals surface area contributed by atoms with Crippen LogP contribution >= 0.6 is 23.1 Å². The van der Waals surface area contributed by atoms with Crippen LogP contribution in [0, 0.1) is 6.92 Å². The standard InChI is InChI=1S/C20H21N5OS2/c1-13-19(28-20(22-13)14-5-4-10-21-11-14)16-8-9-18(25-24-16)27-12-17(26)23-15-6-2-3-7-15/h4-5,8-11,15H,2-3,6-7,12H2,1H3,(H,23,26). The molecule has 0 saturated heterocycles. The Bertz CT molecular complexity index is 937. The fraction of sp³-hybridized carbons (Fsp3) is 0.350. The SMILES string of the molecule is Cc1nc(-c2cccnc2)sc1-c1ccc(SCC(=O)NC2CCCC2)nn1. The summed E-state index contributed by atoms with van der Waals surface area (Å²) in [5.74, 6) is 0.442. The van der Waals surface area contributed by atoms with E-state index in [1.165, 1.54) is 24.6 Å². The molecule has 4 rings (SSSR count). The minimum absolute atomic E-state index is 0.0715. The second-order valence-electron chi connectivity index (χ2n) is 6.77. The molecule has 1 saturated carbocycles. The van der Waals surface area contributed by atoms with Crippen molar-refractivity contribution in [2.75, 3.05) is 5.75 Å². The van der Waals surface area contributed by atoms with Gasteiger partial charge in [-0.05, 0) is 44.0 Å². The number of hydrogen-bond acceptors (Lipinski definition) is 7. The zero-order valence-corrected chi connectivity index (χ0v) is 17.2. The molecule has 1 aliphatic rings. The lowest BCUT2D eigenvalue weighted by Gasteiger charge is -2.11. The molecule has 3 aromatic heterocycles. The highest BCUT2D eigenvalue weighted by Crippen LogP contribution is 2.34. The van der Waals surface area contributed by atoms with Crippen molar-refractivity contribution in [3.05, 3.63) is 42.4 Å². The van der Waals surface area contributed by atoms with Crippen molar-refractivity contribution in [2.24, 2.45) is 0 Å². The van der Waals surface area contributed by atoms with E-state index in [4.69, 9.17) is 0 Å². The summed E-state index contributed by atoms with van der Waals surface area (Å²) in [6, 6.07) is 8.11. The van der Waals surface area contributed by atoms with E-state index in [2.05, 4.69) is 25.5 Å². The molecule has 0 aliphatic heterocycles. The minimum atomic E-state index is 0.0715. The third kappa shape index (κ3) is 4.56. The molecule has 1 aliphatic carbocycles. The van der Waals surface area contributed by atoms with E-state index in [9.17, 15) is 4.79 Å². The first-order valence-corrected chi connectivity index (χ1v) is 11.1. The van der Waals surface area contributed by atoms with Crippen LogP contribution in [0.4, 0.5) is 0 Å². The lowest BCUT2D eigenvalue weighted by Crippen LogP contribution is -2.33. The molecule has 0 aromatic carbocycles. The zero-order chi connectivity index (χ0) is 19.3. The van der Waals surface area contributed by atoms with Gasteiger partial charge in [-0.2, -0.15) is 0 Å². The van der Waals surface area contributed by atoms with Crippen molar-refractivity contribution in [3.63, 3.8) is 0 Å². The number of rotatable bonds is 6. The highest BCUT2D eigenvalue weighted by molar-refractivity contribution is 7.99. The number of aryl methyl sites for hydroxylation is 1. The molecule has 28 heavy (non-hydrogen) atoms. The summed E-state index contributed by atoms with van der Waals surface area (Å²) in [5, 5.41) is 13.4. The van der Waals surface area contributed by atoms with Crippen LogP contribution in [0.15, 0.2) is 41.7 Å². The maximum atomic E-state index is 12.1. The second kappa shape index (κ2) is 8.79. The van der Waals surface area contributed by atoms with Gasteiger partial charge in [-0.3, -0.25) is 9.78 Å². The van der Waals surface area contributed by atoms with Gasteiger partial charge in [-0.15, -0.1) is 21.5 Å². The number of thioether (sulfide) groups is 1. The molecule has 0 spiro atoms. The fourth-order valence-corrected chi connectivity index (χ4v) is 4.89. The Balaban J connectivity index is 1.39. The van der Waals surface area contributed by atoms with Crippen molar-refractivity contribution in [1.29, 1.82) is 0 Å². The van der Waals surface area contributed by atoms with Crippen LogP contribution in [0.2, 0.25) is 0 Å². The average molecular weight is 412 g/mol. The predicted octanol–water partition coefficient (Wildman–Crippen LogP) is 4.12. The first-order chi connectivity index (χ1) is 13.7. The van der Waals surface area contributed by atoms with E-state index in [0.717, 1.165) is 44.7 Å². The number of carbonyl (C=O) groups excluding carboxylic acids is 1. The maximum absolute atomic E-state index is 12.1. The molecule has 1 amide bonds. The summed E-state index contributed by atoms with van der Waals surface area (Å²) in [6.07, 6.45) is 8.18. The summed E-state index contributed by atoms with van der Waals surface area (Å²) in [5.41, 5.74) is 2.72. The van der Waals surface area contributed by atoms with Crippen LogP contribution in [-0.2, 0) is 4.79 Å². The Morgan fingerprint density at radius 2 is 2.11 bits per heavy atom. The molecule has 144 valence electrons. The molecule has 8 heteroatoms. The summed E-state index contributed by atoms with van der Waals surface area (Å²) in [7, 11) is 0. The van der Waals surface area contributed by atoms with Crippen LogP contribution in [0.25, 0.3) is 21.1 Å². The monoisotopic (exact) mass is 411 g/mol. The summed E-state index contributed by atoms with van der Waals surface area (Å²) in [4.78, 5) is 21.8. The molecular weight excluding hydrogens is 390 g/mol. The van der Waals surface area contributed by atoms with Gasteiger partial charge in [0.05, 0.1) is 16.3 Å². The number of nitrogens with one attached hydrogen (secondary N) is 1. The first kappa shape index (κ1) is 19.0. The fourth-order valence-electron chi connectivity index (χ4n) is 3.24. The van der Waals surface area contributed by atoms with Gasteiger partial charge in [0.15, 0.2) is 0 Å². The number of carbonyl (C=O) groups is 1. The van der Waals surface area contributed by atoms with E-state index < -0.39 is 0 Å². The minimum Gasteiger partial charge on any atom is -0.353 e. The number of hydrogen-bond donors (Lipinski definition) is 1. The van der Waals surface area contributed by atoms with E-state index in [0.29, 0.717) is 11.8 Å². The van der Waals surface area contributed by atoms with Gasteiger partial charge >= 0.3 is 0 Å². The predicted molar refractivity (Wildman–Crippen MR) is 112 cm³/mol. The first-order valence-electron chi connectivity index (χ1n) is 9.33. The number of nitrogens with zero attached hydrogens (tertiary/aromatic N) is 4. The van der Waals surface area contributed by atoms with Gasteiger partial charge < -0.3 is 5.32 Å². The van der Waals surface area contributed by atoms with Crippen LogP contribution in [-0.4, -0.2) is 37.9 Å². The van der Waals surface area contributed by atoms with Crippen molar-refractivity contribution in [1.82, 2.24) is 25.5 Å². The number of pyridine rings is 1. The molecule has 0 bridgehead atoms. The lowest BCUT2D eigenvalue weighted by molar-refractivity contribution is -0.119. The summed E-state index contributed by atoms with van der Waals surface area (Å²) >= 11 is 3.00. The highest BCUT2D eigenvalue weighted by atomic mass is 32.2. The highest BCUT2D eigenvalue weighted by Gasteiger charge is 2.17. The Morgan fingerprint density at radius 1 is 1.25 bits per heavy atom. The average Bonchev–Trinajstić information content (AvgIpc) is 3.37. The third-order valence-electron chi connectivity index (χ3n) is 4.65. The maximum Gasteiger partial charge on any atom is 0.230 e. The molecule has 0 unspecified atom stereocenters. The molecule has 0 radical (unpaired) electrons. The molecule has 1 N–H and O–H groups in total. The Labute approximate surface area is 172 Å². The largest absolute Gasteiger partial charge is 0.353 e. The lowest BCUT2D eigenvalue weighted by atomic mass is 10.2. The Hall–Kier alpha value is -2.32.